The number of rotatable bonds is 10. The van der Waals surface area contributed by atoms with E-state index in [0.717, 1.165) is 16.7 Å². The van der Waals surface area contributed by atoms with Crippen molar-refractivity contribution < 1.29 is 19.4 Å². The minimum absolute atomic E-state index is 0.365. The van der Waals surface area contributed by atoms with Crippen molar-refractivity contribution in [2.24, 2.45) is 0 Å². The van der Waals surface area contributed by atoms with Crippen molar-refractivity contribution in [1.29, 1.82) is 0 Å². The Labute approximate surface area is 241 Å². The average Bonchev–Trinajstić information content (AvgIpc) is 2.99. The molecule has 5 aromatic rings. The van der Waals surface area contributed by atoms with Crippen LogP contribution in [-0.4, -0.2) is 24.3 Å². The molecule has 0 saturated heterocycles. The highest BCUT2D eigenvalue weighted by molar-refractivity contribution is 5.82. The SMILES string of the molecule is Cc1cccc(-c2ccc(C(=CCOc3ccc(OCC(=O)O)cc3)c3ccc(-c4cccc(C)c4)cc3)cc2)c1. The number of benzene rings is 5. The predicted octanol–water partition coefficient (Wildman–Crippen LogP) is 8.61. The van der Waals surface area contributed by atoms with Crippen LogP contribution in [0.25, 0.3) is 27.8 Å². The molecule has 0 bridgehead atoms. The number of carbonyl (C=O) groups is 1. The van der Waals surface area contributed by atoms with Crippen LogP contribution in [0.4, 0.5) is 0 Å². The molecule has 0 atom stereocenters. The summed E-state index contributed by atoms with van der Waals surface area (Å²) in [7, 11) is 0. The Balaban J connectivity index is 1.40. The Kier molecular flexibility index (Phi) is 8.61. The van der Waals surface area contributed by atoms with Crippen LogP contribution in [0.2, 0.25) is 0 Å². The Morgan fingerprint density at radius 3 is 1.51 bits per heavy atom. The van der Waals surface area contributed by atoms with Crippen molar-refractivity contribution in [1.82, 2.24) is 0 Å². The molecule has 5 rings (SSSR count). The molecular formula is C37H32O4. The molecule has 0 heterocycles. The van der Waals surface area contributed by atoms with Gasteiger partial charge in [-0.1, -0.05) is 108 Å². The van der Waals surface area contributed by atoms with Crippen molar-refractivity contribution in [3.8, 4) is 33.8 Å². The van der Waals surface area contributed by atoms with Gasteiger partial charge in [0, 0.05) is 0 Å². The fourth-order valence-corrected chi connectivity index (χ4v) is 4.73. The zero-order chi connectivity index (χ0) is 28.6. The lowest BCUT2D eigenvalue weighted by atomic mass is 9.93. The summed E-state index contributed by atoms with van der Waals surface area (Å²) in [5.41, 5.74) is 10.5. The van der Waals surface area contributed by atoms with Crippen LogP contribution in [0, 0.1) is 13.8 Å². The maximum Gasteiger partial charge on any atom is 0.341 e. The van der Waals surface area contributed by atoms with Crippen LogP contribution < -0.4 is 9.47 Å². The van der Waals surface area contributed by atoms with Gasteiger partial charge in [0.05, 0.1) is 0 Å². The number of carboxylic acid groups (broad SMARTS) is 1. The fraction of sp³-hybridized carbons (Fsp3) is 0.108. The van der Waals surface area contributed by atoms with Gasteiger partial charge in [0.15, 0.2) is 6.61 Å². The van der Waals surface area contributed by atoms with Gasteiger partial charge in [0.25, 0.3) is 0 Å². The molecule has 204 valence electrons. The van der Waals surface area contributed by atoms with E-state index in [0.29, 0.717) is 18.1 Å². The van der Waals surface area contributed by atoms with E-state index in [1.165, 1.54) is 33.4 Å². The van der Waals surface area contributed by atoms with E-state index in [1.807, 2.05) is 0 Å². The zero-order valence-corrected chi connectivity index (χ0v) is 23.2. The second-order valence-electron chi connectivity index (χ2n) is 9.98. The van der Waals surface area contributed by atoms with E-state index >= 15 is 0 Å². The number of ether oxygens (including phenoxy) is 2. The van der Waals surface area contributed by atoms with Gasteiger partial charge in [-0.05, 0) is 83.1 Å². The maximum absolute atomic E-state index is 10.7. The number of hydrogen-bond acceptors (Lipinski definition) is 3. The Hall–Kier alpha value is -5.09. The largest absolute Gasteiger partial charge is 0.490 e. The van der Waals surface area contributed by atoms with Crippen LogP contribution in [0.5, 0.6) is 11.5 Å². The highest BCUT2D eigenvalue weighted by Gasteiger charge is 2.08. The van der Waals surface area contributed by atoms with E-state index in [4.69, 9.17) is 14.6 Å². The van der Waals surface area contributed by atoms with Gasteiger partial charge in [-0.2, -0.15) is 0 Å². The third-order valence-electron chi connectivity index (χ3n) is 6.82. The molecule has 1 N–H and O–H groups in total. The van der Waals surface area contributed by atoms with Crippen molar-refractivity contribution in [3.05, 3.63) is 150 Å². The van der Waals surface area contributed by atoms with Crippen LogP contribution >= 0.6 is 0 Å². The van der Waals surface area contributed by atoms with Gasteiger partial charge < -0.3 is 14.6 Å². The predicted molar refractivity (Wildman–Crippen MR) is 165 cm³/mol. The fourth-order valence-electron chi connectivity index (χ4n) is 4.73. The average molecular weight is 541 g/mol. The topological polar surface area (TPSA) is 55.8 Å². The van der Waals surface area contributed by atoms with E-state index in [-0.39, 0.29) is 6.61 Å². The molecular weight excluding hydrogens is 508 g/mol. The Morgan fingerprint density at radius 1 is 0.610 bits per heavy atom. The molecule has 0 saturated carbocycles. The second kappa shape index (κ2) is 12.8. The monoisotopic (exact) mass is 540 g/mol. The first-order valence-electron chi connectivity index (χ1n) is 13.6. The van der Waals surface area contributed by atoms with Gasteiger partial charge >= 0.3 is 5.97 Å². The number of aliphatic carboxylic acids is 1. The maximum atomic E-state index is 10.7. The van der Waals surface area contributed by atoms with Crippen molar-refractivity contribution >= 4 is 11.5 Å². The Bertz CT molecular complexity index is 1560. The summed E-state index contributed by atoms with van der Waals surface area (Å²) in [4.78, 5) is 10.7. The van der Waals surface area contributed by atoms with E-state index < -0.39 is 5.97 Å². The van der Waals surface area contributed by atoms with Crippen LogP contribution in [0.3, 0.4) is 0 Å². The van der Waals surface area contributed by atoms with Gasteiger partial charge in [0.2, 0.25) is 0 Å². The van der Waals surface area contributed by atoms with E-state index in [2.05, 4.69) is 117 Å². The summed E-state index contributed by atoms with van der Waals surface area (Å²) in [5.74, 6) is 0.146. The van der Waals surface area contributed by atoms with Crippen molar-refractivity contribution in [2.45, 2.75) is 13.8 Å². The number of carboxylic acids is 1. The molecule has 0 aliphatic rings. The van der Waals surface area contributed by atoms with Crippen LogP contribution in [-0.2, 0) is 4.79 Å². The standard InChI is InChI=1S/C37H32O4/c1-26-5-3-7-32(23-26)28-9-13-30(14-10-28)36(21-22-40-34-17-19-35(20-18-34)41-25-37(38)39)31-15-11-29(12-16-31)33-8-4-6-27(2)24-33/h3-21,23-24H,22,25H2,1-2H3,(H,38,39). The smallest absolute Gasteiger partial charge is 0.341 e. The number of hydrogen-bond donors (Lipinski definition) is 1. The molecule has 4 nitrogen and oxygen atoms in total. The number of aryl methyl sites for hydroxylation is 2. The summed E-state index contributed by atoms with van der Waals surface area (Å²) in [5, 5.41) is 8.80. The highest BCUT2D eigenvalue weighted by Crippen LogP contribution is 2.30. The molecule has 0 aliphatic carbocycles. The summed E-state index contributed by atoms with van der Waals surface area (Å²) in [6, 6.07) is 41.3. The quantitative estimate of drug-likeness (QED) is 0.193. The molecule has 5 aromatic carbocycles. The third-order valence-corrected chi connectivity index (χ3v) is 6.82. The summed E-state index contributed by atoms with van der Waals surface area (Å²) in [6.45, 7) is 4.20. The molecule has 0 spiro atoms. The molecule has 0 amide bonds. The van der Waals surface area contributed by atoms with Crippen molar-refractivity contribution in [2.75, 3.05) is 13.2 Å². The minimum Gasteiger partial charge on any atom is -0.490 e. The van der Waals surface area contributed by atoms with Gasteiger partial charge in [-0.3, -0.25) is 0 Å². The van der Waals surface area contributed by atoms with Gasteiger partial charge in [-0.25, -0.2) is 4.79 Å². The lowest BCUT2D eigenvalue weighted by Gasteiger charge is -2.13. The van der Waals surface area contributed by atoms with Gasteiger partial charge in [-0.15, -0.1) is 0 Å². The highest BCUT2D eigenvalue weighted by atomic mass is 16.5. The van der Waals surface area contributed by atoms with Gasteiger partial charge in [0.1, 0.15) is 18.1 Å². The third kappa shape index (κ3) is 7.31. The zero-order valence-electron chi connectivity index (χ0n) is 23.2. The first-order chi connectivity index (χ1) is 19.9. The Morgan fingerprint density at radius 2 is 1.07 bits per heavy atom. The lowest BCUT2D eigenvalue weighted by molar-refractivity contribution is -0.139. The minimum atomic E-state index is -1.01. The first kappa shape index (κ1) is 27.5. The van der Waals surface area contributed by atoms with Crippen LogP contribution in [0.1, 0.15) is 22.3 Å². The second-order valence-corrected chi connectivity index (χ2v) is 9.98. The molecule has 0 unspecified atom stereocenters. The molecule has 41 heavy (non-hydrogen) atoms. The van der Waals surface area contributed by atoms with E-state index in [9.17, 15) is 4.79 Å². The molecule has 0 radical (unpaired) electrons. The molecule has 0 fully saturated rings. The normalized spacial score (nSPS) is 10.6. The van der Waals surface area contributed by atoms with Crippen LogP contribution in [0.15, 0.2) is 127 Å². The van der Waals surface area contributed by atoms with E-state index in [1.54, 1.807) is 24.3 Å². The summed E-state index contributed by atoms with van der Waals surface area (Å²) in [6.07, 6.45) is 2.10. The summed E-state index contributed by atoms with van der Waals surface area (Å²) < 4.78 is 11.2. The molecule has 0 aromatic heterocycles. The first-order valence-corrected chi connectivity index (χ1v) is 13.6. The van der Waals surface area contributed by atoms with Crippen molar-refractivity contribution in [3.63, 3.8) is 0 Å². The molecule has 4 heteroatoms. The molecule has 0 aliphatic heterocycles. The summed E-state index contributed by atoms with van der Waals surface area (Å²) >= 11 is 0. The lowest BCUT2D eigenvalue weighted by Crippen LogP contribution is -2.09.